The summed E-state index contributed by atoms with van der Waals surface area (Å²) < 4.78 is 41.4. The third-order valence-electron chi connectivity index (χ3n) is 3.10. The topological polar surface area (TPSA) is 56.8 Å². The molecule has 0 atom stereocenters. The van der Waals surface area contributed by atoms with Gasteiger partial charge in [0.1, 0.15) is 18.1 Å². The number of hydrogen-bond acceptors (Lipinski definition) is 4. The third-order valence-corrected chi connectivity index (χ3v) is 3.41. The molecule has 0 fully saturated rings. The Labute approximate surface area is 142 Å². The molecule has 0 aliphatic rings. The van der Waals surface area contributed by atoms with Crippen LogP contribution in [0.15, 0.2) is 30.3 Å². The number of anilines is 1. The number of halogens is 3. The second-order valence-electron chi connectivity index (χ2n) is 4.63. The Bertz CT molecular complexity index is 755. The van der Waals surface area contributed by atoms with Gasteiger partial charge >= 0.3 is 6.09 Å². The van der Waals surface area contributed by atoms with Gasteiger partial charge in [-0.25, -0.2) is 13.6 Å². The lowest BCUT2D eigenvalue weighted by atomic mass is 10.2. The fourth-order valence-electron chi connectivity index (χ4n) is 1.88. The Kier molecular flexibility index (Phi) is 5.81. The number of nitrogens with one attached hydrogen (secondary N) is 1. The predicted octanol–water partition coefficient (Wildman–Crippen LogP) is 4.38. The third kappa shape index (κ3) is 4.26. The summed E-state index contributed by atoms with van der Waals surface area (Å²) in [5.41, 5.74) is 0.507. The van der Waals surface area contributed by atoms with E-state index in [9.17, 15) is 13.6 Å². The maximum Gasteiger partial charge on any atom is 0.412 e. The average Bonchev–Trinajstić information content (AvgIpc) is 2.57. The monoisotopic (exact) mass is 357 g/mol. The molecule has 0 aliphatic carbocycles. The van der Waals surface area contributed by atoms with Crippen LogP contribution in [0, 0.1) is 11.6 Å². The first-order valence-electron chi connectivity index (χ1n) is 6.73. The van der Waals surface area contributed by atoms with Gasteiger partial charge in [0.25, 0.3) is 0 Å². The second-order valence-corrected chi connectivity index (χ2v) is 5.03. The molecule has 0 aromatic heterocycles. The van der Waals surface area contributed by atoms with Crippen LogP contribution in [0.4, 0.5) is 19.3 Å². The van der Waals surface area contributed by atoms with E-state index in [2.05, 4.69) is 5.32 Å². The molecule has 0 saturated carbocycles. The van der Waals surface area contributed by atoms with Crippen molar-refractivity contribution in [2.75, 3.05) is 19.5 Å². The van der Waals surface area contributed by atoms with E-state index in [1.165, 1.54) is 14.2 Å². The summed E-state index contributed by atoms with van der Waals surface area (Å²) in [7, 11) is 2.99. The summed E-state index contributed by atoms with van der Waals surface area (Å²) in [5, 5.41) is 2.10. The first kappa shape index (κ1) is 17.8. The lowest BCUT2D eigenvalue weighted by molar-refractivity contribution is 0.154. The van der Waals surface area contributed by atoms with Crippen LogP contribution >= 0.6 is 11.6 Å². The van der Waals surface area contributed by atoms with E-state index in [4.69, 9.17) is 25.8 Å². The largest absolute Gasteiger partial charge is 0.497 e. The number of rotatable bonds is 5. The van der Waals surface area contributed by atoms with Crippen molar-refractivity contribution in [3.8, 4) is 11.5 Å². The number of benzene rings is 2. The normalized spacial score (nSPS) is 10.2. The zero-order valence-corrected chi connectivity index (χ0v) is 13.6. The average molecular weight is 358 g/mol. The van der Waals surface area contributed by atoms with Gasteiger partial charge in [0.15, 0.2) is 11.6 Å². The Hall–Kier alpha value is -2.54. The van der Waals surface area contributed by atoms with Gasteiger partial charge in [-0.3, -0.25) is 5.32 Å². The molecule has 1 N–H and O–H groups in total. The van der Waals surface area contributed by atoms with Crippen LogP contribution in [0.3, 0.4) is 0 Å². The molecule has 2 aromatic rings. The van der Waals surface area contributed by atoms with Crippen molar-refractivity contribution in [2.24, 2.45) is 0 Å². The summed E-state index contributed by atoms with van der Waals surface area (Å²) in [6.07, 6.45) is -0.874. The van der Waals surface area contributed by atoms with Crippen molar-refractivity contribution in [1.82, 2.24) is 0 Å². The standard InChI is InChI=1S/C16H14ClF2NO4/c1-22-10-4-3-9(15(5-10)23-2)8-24-16(21)20-14-7-13(19)12(18)6-11(14)17/h3-7H,8H2,1-2H3,(H,20,21). The fourth-order valence-corrected chi connectivity index (χ4v) is 2.08. The number of carbonyl (C=O) groups is 1. The summed E-state index contributed by atoms with van der Waals surface area (Å²) >= 11 is 5.73. The molecule has 0 saturated heterocycles. The fraction of sp³-hybridized carbons (Fsp3) is 0.188. The van der Waals surface area contributed by atoms with Crippen molar-refractivity contribution in [1.29, 1.82) is 0 Å². The van der Waals surface area contributed by atoms with Crippen LogP contribution in [-0.4, -0.2) is 20.3 Å². The van der Waals surface area contributed by atoms with Gasteiger partial charge in [-0.2, -0.15) is 0 Å². The molecule has 0 aliphatic heterocycles. The molecule has 2 rings (SSSR count). The lowest BCUT2D eigenvalue weighted by Crippen LogP contribution is -2.14. The van der Waals surface area contributed by atoms with Gasteiger partial charge in [-0.05, 0) is 18.2 Å². The minimum atomic E-state index is -1.13. The minimum Gasteiger partial charge on any atom is -0.497 e. The molecule has 128 valence electrons. The van der Waals surface area contributed by atoms with Crippen molar-refractivity contribution < 1.29 is 27.8 Å². The Morgan fingerprint density at radius 3 is 2.50 bits per heavy atom. The first-order valence-corrected chi connectivity index (χ1v) is 7.11. The molecular formula is C16H14ClF2NO4. The van der Waals surface area contributed by atoms with Gasteiger partial charge in [-0.1, -0.05) is 11.6 Å². The SMILES string of the molecule is COc1ccc(COC(=O)Nc2cc(F)c(F)cc2Cl)c(OC)c1. The van der Waals surface area contributed by atoms with Crippen LogP contribution in [0.25, 0.3) is 0 Å². The molecule has 2 aromatic carbocycles. The Balaban J connectivity index is 2.02. The van der Waals surface area contributed by atoms with E-state index in [1.54, 1.807) is 18.2 Å². The maximum atomic E-state index is 13.2. The highest BCUT2D eigenvalue weighted by Gasteiger charge is 2.13. The molecule has 0 spiro atoms. The molecule has 5 nitrogen and oxygen atoms in total. The second kappa shape index (κ2) is 7.83. The Morgan fingerprint density at radius 1 is 1.12 bits per heavy atom. The lowest BCUT2D eigenvalue weighted by Gasteiger charge is -2.12. The van der Waals surface area contributed by atoms with Crippen molar-refractivity contribution in [3.05, 3.63) is 52.6 Å². The predicted molar refractivity (Wildman–Crippen MR) is 84.7 cm³/mol. The quantitative estimate of drug-likeness (QED) is 0.807. The van der Waals surface area contributed by atoms with Crippen molar-refractivity contribution in [3.63, 3.8) is 0 Å². The smallest absolute Gasteiger partial charge is 0.412 e. The molecule has 1 amide bonds. The van der Waals surface area contributed by atoms with Crippen LogP contribution in [0.2, 0.25) is 5.02 Å². The summed E-state index contributed by atoms with van der Waals surface area (Å²) in [6.45, 7) is -0.0969. The van der Waals surface area contributed by atoms with Gasteiger partial charge < -0.3 is 14.2 Å². The summed E-state index contributed by atoms with van der Waals surface area (Å²) in [5.74, 6) is -1.17. The Morgan fingerprint density at radius 2 is 1.83 bits per heavy atom. The molecule has 0 bridgehead atoms. The van der Waals surface area contributed by atoms with Gasteiger partial charge in [0, 0.05) is 17.7 Å². The molecule has 0 heterocycles. The number of methoxy groups -OCH3 is 2. The van der Waals surface area contributed by atoms with Crippen molar-refractivity contribution in [2.45, 2.75) is 6.61 Å². The molecule has 0 radical (unpaired) electrons. The van der Waals surface area contributed by atoms with E-state index in [0.717, 1.165) is 12.1 Å². The van der Waals surface area contributed by atoms with E-state index in [1.807, 2.05) is 0 Å². The van der Waals surface area contributed by atoms with Gasteiger partial charge in [-0.15, -0.1) is 0 Å². The van der Waals surface area contributed by atoms with Crippen LogP contribution in [0.5, 0.6) is 11.5 Å². The van der Waals surface area contributed by atoms with Gasteiger partial charge in [0.2, 0.25) is 0 Å². The number of amides is 1. The highest BCUT2D eigenvalue weighted by atomic mass is 35.5. The number of hydrogen-bond donors (Lipinski definition) is 1. The zero-order valence-electron chi connectivity index (χ0n) is 12.9. The zero-order chi connectivity index (χ0) is 17.7. The van der Waals surface area contributed by atoms with Crippen LogP contribution in [-0.2, 0) is 11.3 Å². The van der Waals surface area contributed by atoms with Gasteiger partial charge in [0.05, 0.1) is 24.9 Å². The molecule has 24 heavy (non-hydrogen) atoms. The maximum absolute atomic E-state index is 13.2. The number of carbonyl (C=O) groups excluding carboxylic acids is 1. The van der Waals surface area contributed by atoms with E-state index >= 15 is 0 Å². The first-order chi connectivity index (χ1) is 11.4. The summed E-state index contributed by atoms with van der Waals surface area (Å²) in [4.78, 5) is 11.8. The van der Waals surface area contributed by atoms with Crippen LogP contribution < -0.4 is 14.8 Å². The van der Waals surface area contributed by atoms with E-state index in [-0.39, 0.29) is 17.3 Å². The highest BCUT2D eigenvalue weighted by molar-refractivity contribution is 6.33. The highest BCUT2D eigenvalue weighted by Crippen LogP contribution is 2.27. The molecule has 0 unspecified atom stereocenters. The molecule has 8 heteroatoms. The van der Waals surface area contributed by atoms with E-state index < -0.39 is 17.7 Å². The minimum absolute atomic E-state index is 0.0951. The molecular weight excluding hydrogens is 344 g/mol. The van der Waals surface area contributed by atoms with E-state index in [0.29, 0.717) is 17.1 Å². The van der Waals surface area contributed by atoms with Crippen molar-refractivity contribution >= 4 is 23.4 Å². The number of ether oxygens (including phenoxy) is 3. The summed E-state index contributed by atoms with van der Waals surface area (Å²) in [6, 6.07) is 6.54. The van der Waals surface area contributed by atoms with Crippen LogP contribution in [0.1, 0.15) is 5.56 Å².